The third kappa shape index (κ3) is 4.94. The van der Waals surface area contributed by atoms with Gasteiger partial charge in [-0.15, -0.1) is 0 Å². The Hall–Kier alpha value is -3.43. The second-order valence-electron chi connectivity index (χ2n) is 8.91. The molecule has 2 aromatic heterocycles. The molecule has 184 valence electrons. The minimum Gasteiger partial charge on any atom is -0.378 e. The number of morpholine rings is 1. The molecule has 2 saturated heterocycles. The zero-order valence-electron chi connectivity index (χ0n) is 20.2. The monoisotopic (exact) mass is 499 g/mol. The number of piperazine rings is 1. The van der Waals surface area contributed by atoms with E-state index in [1.54, 1.807) is 18.1 Å². The number of ether oxygens (including phenoxy) is 1. The Bertz CT molecular complexity index is 1290. The van der Waals surface area contributed by atoms with E-state index < -0.39 is 0 Å². The number of thioether (sulfide) groups is 1. The molecule has 2 aromatic carbocycles. The van der Waals surface area contributed by atoms with Crippen LogP contribution in [-0.4, -0.2) is 72.4 Å². The fourth-order valence-electron chi connectivity index (χ4n) is 4.67. The van der Waals surface area contributed by atoms with Gasteiger partial charge < -0.3 is 19.4 Å². The summed E-state index contributed by atoms with van der Waals surface area (Å²) < 4.78 is 5.61. The third-order valence-electron chi connectivity index (χ3n) is 6.63. The van der Waals surface area contributed by atoms with Crippen molar-refractivity contribution in [2.75, 3.05) is 67.2 Å². The summed E-state index contributed by atoms with van der Waals surface area (Å²) in [5.41, 5.74) is 4.16. The predicted molar refractivity (Wildman–Crippen MR) is 145 cm³/mol. The third-order valence-corrected chi connectivity index (χ3v) is 7.68. The van der Waals surface area contributed by atoms with Crippen LogP contribution in [0, 0.1) is 0 Å². The Balaban J connectivity index is 1.32. The first-order chi connectivity index (χ1) is 17.8. The molecule has 4 heterocycles. The molecule has 0 bridgehead atoms. The van der Waals surface area contributed by atoms with Crippen LogP contribution in [0.5, 0.6) is 0 Å². The summed E-state index contributed by atoms with van der Waals surface area (Å²) >= 11 is 1.70. The molecular formula is C27H29N7OS. The maximum atomic E-state index is 5.61. The second kappa shape index (κ2) is 10.7. The van der Waals surface area contributed by atoms with Gasteiger partial charge in [0, 0.05) is 50.7 Å². The Morgan fingerprint density at radius 3 is 2.14 bits per heavy atom. The maximum Gasteiger partial charge on any atom is 0.228 e. The molecule has 2 fully saturated rings. The summed E-state index contributed by atoms with van der Waals surface area (Å²) in [5.74, 6) is 2.47. The lowest BCUT2D eigenvalue weighted by molar-refractivity contribution is 0.122. The summed E-state index contributed by atoms with van der Waals surface area (Å²) in [4.78, 5) is 26.4. The van der Waals surface area contributed by atoms with Gasteiger partial charge in [-0.05, 0) is 17.7 Å². The molecule has 0 atom stereocenters. The predicted octanol–water partition coefficient (Wildman–Crippen LogP) is 3.88. The van der Waals surface area contributed by atoms with Gasteiger partial charge in [-0.1, -0.05) is 60.3 Å². The number of anilines is 3. The summed E-state index contributed by atoms with van der Waals surface area (Å²) in [7, 11) is 0. The molecule has 0 aliphatic carbocycles. The Kier molecular flexibility index (Phi) is 6.82. The number of hydrogen-bond donors (Lipinski definition) is 0. The lowest BCUT2D eigenvalue weighted by Crippen LogP contribution is -2.47. The topological polar surface area (TPSA) is 70.5 Å². The molecule has 36 heavy (non-hydrogen) atoms. The molecule has 0 unspecified atom stereocenters. The van der Waals surface area contributed by atoms with Gasteiger partial charge in [-0.25, -0.2) is 15.0 Å². The van der Waals surface area contributed by atoms with Gasteiger partial charge in [0.05, 0.1) is 13.2 Å². The number of aromatic nitrogens is 4. The lowest BCUT2D eigenvalue weighted by atomic mass is 10.2. The van der Waals surface area contributed by atoms with E-state index in [0.717, 1.165) is 72.8 Å². The molecule has 0 radical (unpaired) electrons. The molecule has 2 aliphatic heterocycles. The molecule has 2 aliphatic rings. The van der Waals surface area contributed by atoms with Gasteiger partial charge in [-0.2, -0.15) is 4.98 Å². The van der Waals surface area contributed by atoms with Crippen LogP contribution in [0.15, 0.2) is 72.0 Å². The van der Waals surface area contributed by atoms with E-state index in [2.05, 4.69) is 79.3 Å². The standard InChI is InChI=1S/C27H29N7OS/c1-3-7-21(8-4-1)19-36-26-24-23(28-20-29-26)25(33-15-17-35-18-16-33)31-27(30-24)34-13-11-32(12-14-34)22-9-5-2-6-10-22/h1-10,20H,11-19H2. The highest BCUT2D eigenvalue weighted by Gasteiger charge is 2.25. The number of rotatable bonds is 6. The highest BCUT2D eigenvalue weighted by molar-refractivity contribution is 7.98. The normalized spacial score (nSPS) is 16.5. The van der Waals surface area contributed by atoms with Crippen LogP contribution in [0.3, 0.4) is 0 Å². The van der Waals surface area contributed by atoms with Gasteiger partial charge in [-0.3, -0.25) is 0 Å². The van der Waals surface area contributed by atoms with E-state index in [0.29, 0.717) is 13.2 Å². The van der Waals surface area contributed by atoms with Crippen molar-refractivity contribution < 1.29 is 4.74 Å². The molecular weight excluding hydrogens is 470 g/mol. The average Bonchev–Trinajstić information content (AvgIpc) is 2.97. The van der Waals surface area contributed by atoms with Crippen LogP contribution < -0.4 is 14.7 Å². The minimum atomic E-state index is 0.692. The van der Waals surface area contributed by atoms with Gasteiger partial charge >= 0.3 is 0 Å². The number of nitrogens with zero attached hydrogens (tertiary/aromatic N) is 7. The molecule has 8 nitrogen and oxygen atoms in total. The van der Waals surface area contributed by atoms with E-state index >= 15 is 0 Å². The van der Waals surface area contributed by atoms with Crippen LogP contribution in [-0.2, 0) is 10.5 Å². The van der Waals surface area contributed by atoms with Crippen molar-refractivity contribution in [3.8, 4) is 0 Å². The molecule has 0 amide bonds. The van der Waals surface area contributed by atoms with E-state index in [1.165, 1.54) is 11.3 Å². The minimum absolute atomic E-state index is 0.692. The largest absolute Gasteiger partial charge is 0.378 e. The first kappa shape index (κ1) is 23.0. The zero-order chi connectivity index (χ0) is 24.2. The van der Waals surface area contributed by atoms with Gasteiger partial charge in [0.1, 0.15) is 22.4 Å². The SMILES string of the molecule is c1ccc(CSc2ncnc3c(N4CCOCC4)nc(N4CCN(c5ccccc5)CC4)nc23)cc1. The van der Waals surface area contributed by atoms with Gasteiger partial charge in [0.2, 0.25) is 5.95 Å². The van der Waals surface area contributed by atoms with Crippen molar-refractivity contribution in [3.63, 3.8) is 0 Å². The summed E-state index contributed by atoms with van der Waals surface area (Å²) in [6.07, 6.45) is 1.64. The van der Waals surface area contributed by atoms with Crippen molar-refractivity contribution in [1.82, 2.24) is 19.9 Å². The van der Waals surface area contributed by atoms with Gasteiger partial charge in [0.25, 0.3) is 0 Å². The van der Waals surface area contributed by atoms with E-state index in [-0.39, 0.29) is 0 Å². The molecule has 0 saturated carbocycles. The number of benzene rings is 2. The van der Waals surface area contributed by atoms with Crippen molar-refractivity contribution in [2.45, 2.75) is 10.8 Å². The van der Waals surface area contributed by atoms with Gasteiger partial charge in [0.15, 0.2) is 5.82 Å². The van der Waals surface area contributed by atoms with Crippen molar-refractivity contribution in [2.24, 2.45) is 0 Å². The fourth-order valence-corrected chi connectivity index (χ4v) is 5.57. The zero-order valence-corrected chi connectivity index (χ0v) is 21.0. The highest BCUT2D eigenvalue weighted by Crippen LogP contribution is 2.32. The van der Waals surface area contributed by atoms with Crippen molar-refractivity contribution in [1.29, 1.82) is 0 Å². The quantitative estimate of drug-likeness (QED) is 0.290. The van der Waals surface area contributed by atoms with E-state index in [9.17, 15) is 0 Å². The smallest absolute Gasteiger partial charge is 0.228 e. The first-order valence-electron chi connectivity index (χ1n) is 12.4. The number of fused-ring (bicyclic) bond motifs is 1. The van der Waals surface area contributed by atoms with Crippen LogP contribution in [0.2, 0.25) is 0 Å². The second-order valence-corrected chi connectivity index (χ2v) is 9.87. The number of para-hydroxylation sites is 1. The summed E-state index contributed by atoms with van der Waals surface area (Å²) in [6.45, 7) is 6.56. The van der Waals surface area contributed by atoms with Crippen LogP contribution in [0.25, 0.3) is 11.0 Å². The molecule has 4 aromatic rings. The Morgan fingerprint density at radius 1 is 0.694 bits per heavy atom. The first-order valence-corrected chi connectivity index (χ1v) is 13.4. The number of hydrogen-bond acceptors (Lipinski definition) is 9. The molecule has 6 rings (SSSR count). The Morgan fingerprint density at radius 2 is 1.39 bits per heavy atom. The highest BCUT2D eigenvalue weighted by atomic mass is 32.2. The van der Waals surface area contributed by atoms with E-state index in [4.69, 9.17) is 14.7 Å². The van der Waals surface area contributed by atoms with E-state index in [1.807, 2.05) is 6.07 Å². The van der Waals surface area contributed by atoms with Crippen LogP contribution in [0.1, 0.15) is 5.56 Å². The fraction of sp³-hybridized carbons (Fsp3) is 0.333. The summed E-state index contributed by atoms with van der Waals surface area (Å²) in [6, 6.07) is 21.1. The van der Waals surface area contributed by atoms with Crippen LogP contribution in [0.4, 0.5) is 17.5 Å². The molecule has 9 heteroatoms. The molecule has 0 N–H and O–H groups in total. The van der Waals surface area contributed by atoms with Crippen molar-refractivity contribution in [3.05, 3.63) is 72.6 Å². The molecule has 0 spiro atoms. The maximum absolute atomic E-state index is 5.61. The lowest BCUT2D eigenvalue weighted by Gasteiger charge is -2.36. The van der Waals surface area contributed by atoms with Crippen molar-refractivity contribution >= 4 is 40.2 Å². The summed E-state index contributed by atoms with van der Waals surface area (Å²) in [5, 5.41) is 0.893. The Labute approximate surface area is 215 Å². The average molecular weight is 500 g/mol. The van der Waals surface area contributed by atoms with Crippen LogP contribution >= 0.6 is 11.8 Å².